The van der Waals surface area contributed by atoms with Crippen LogP contribution in [0.1, 0.15) is 6.92 Å². The molecule has 2 rings (SSSR count). The van der Waals surface area contributed by atoms with E-state index in [4.69, 9.17) is 0 Å². The summed E-state index contributed by atoms with van der Waals surface area (Å²) in [4.78, 5) is 0. The van der Waals surface area contributed by atoms with Gasteiger partial charge < -0.3 is 0 Å². The minimum atomic E-state index is -1.73. The van der Waals surface area contributed by atoms with E-state index in [1.807, 2.05) is 0 Å². The molecule has 0 saturated carbocycles. The number of rotatable bonds is 3. The molecule has 0 aliphatic heterocycles. The minimum Gasteiger partial charge on any atom is -0.0672 e. The van der Waals surface area contributed by atoms with Gasteiger partial charge in [0.05, 0.1) is 0 Å². The van der Waals surface area contributed by atoms with E-state index in [1.54, 1.807) is 0 Å². The molecule has 81 valence electrons. The van der Waals surface area contributed by atoms with Crippen LogP contribution in [0.15, 0.2) is 60.7 Å². The van der Waals surface area contributed by atoms with Crippen LogP contribution < -0.4 is 10.4 Å². The average molecular weight is 225 g/mol. The summed E-state index contributed by atoms with van der Waals surface area (Å²) in [7, 11) is -1.73. The summed E-state index contributed by atoms with van der Waals surface area (Å²) in [6, 6.07) is 22.6. The molecular formula is C15H17Si. The van der Waals surface area contributed by atoms with Crippen LogP contribution >= 0.6 is 0 Å². The van der Waals surface area contributed by atoms with Gasteiger partial charge in [0.25, 0.3) is 0 Å². The van der Waals surface area contributed by atoms with Crippen LogP contribution in [-0.4, -0.2) is 8.07 Å². The summed E-state index contributed by atoms with van der Waals surface area (Å²) in [5.74, 6) is 0. The predicted molar refractivity (Wildman–Crippen MR) is 73.7 cm³/mol. The summed E-state index contributed by atoms with van der Waals surface area (Å²) in [6.07, 6.45) is 0. The largest absolute Gasteiger partial charge is 0.117 e. The second-order valence-corrected chi connectivity index (χ2v) is 8.19. The smallest absolute Gasteiger partial charge is 0.0672 e. The van der Waals surface area contributed by atoms with Crippen LogP contribution in [0.3, 0.4) is 0 Å². The predicted octanol–water partition coefficient (Wildman–Crippen LogP) is 2.64. The fourth-order valence-corrected chi connectivity index (χ4v) is 4.90. The Hall–Kier alpha value is -1.34. The van der Waals surface area contributed by atoms with Crippen molar-refractivity contribution in [1.29, 1.82) is 0 Å². The second-order valence-electron chi connectivity index (χ2n) is 4.17. The molecule has 0 bridgehead atoms. The molecule has 0 amide bonds. The first-order valence-corrected chi connectivity index (χ1v) is 8.15. The maximum absolute atomic E-state index is 4.57. The molecule has 0 atom stereocenters. The van der Waals surface area contributed by atoms with E-state index in [1.165, 1.54) is 10.4 Å². The van der Waals surface area contributed by atoms with Gasteiger partial charge in [0.15, 0.2) is 0 Å². The van der Waals surface area contributed by atoms with Crippen molar-refractivity contribution in [3.05, 3.63) is 67.2 Å². The molecule has 1 radical (unpaired) electrons. The van der Waals surface area contributed by atoms with Crippen LogP contribution in [0, 0.1) is 6.55 Å². The van der Waals surface area contributed by atoms with Gasteiger partial charge in [0, 0.05) is 0 Å². The number of hydrogen-bond acceptors (Lipinski definition) is 0. The summed E-state index contributed by atoms with van der Waals surface area (Å²) < 4.78 is 0. The Morgan fingerprint density at radius 1 is 0.812 bits per heavy atom. The Kier molecular flexibility index (Phi) is 3.25. The van der Waals surface area contributed by atoms with Gasteiger partial charge in [-0.25, -0.2) is 0 Å². The quantitative estimate of drug-likeness (QED) is 0.705. The van der Waals surface area contributed by atoms with Crippen molar-refractivity contribution in [3.63, 3.8) is 0 Å². The van der Waals surface area contributed by atoms with E-state index in [0.717, 1.165) is 6.04 Å². The topological polar surface area (TPSA) is 0 Å². The summed E-state index contributed by atoms with van der Waals surface area (Å²) in [6.45, 7) is 6.82. The molecule has 1 heteroatoms. The Bertz CT molecular complexity index is 394. The second kappa shape index (κ2) is 4.66. The highest BCUT2D eigenvalue weighted by atomic mass is 28.3. The highest BCUT2D eigenvalue weighted by Gasteiger charge is 2.29. The van der Waals surface area contributed by atoms with Crippen LogP contribution in [0.5, 0.6) is 0 Å². The monoisotopic (exact) mass is 225 g/mol. The summed E-state index contributed by atoms with van der Waals surface area (Å²) >= 11 is 0. The van der Waals surface area contributed by atoms with Gasteiger partial charge in [-0.15, -0.1) is 0 Å². The molecule has 0 unspecified atom stereocenters. The zero-order chi connectivity index (χ0) is 11.4. The van der Waals surface area contributed by atoms with E-state index in [2.05, 4.69) is 74.1 Å². The molecule has 2 aromatic carbocycles. The van der Waals surface area contributed by atoms with E-state index in [-0.39, 0.29) is 0 Å². The standard InChI is InChI=1S/C15H17Si/c1-3-16(2,14-10-6-4-7-11-14)15-12-8-5-9-13-15/h4-13H,2-3H2,1H3. The van der Waals surface area contributed by atoms with Crippen LogP contribution in [-0.2, 0) is 0 Å². The average Bonchev–Trinajstić information content (AvgIpc) is 2.40. The third-order valence-electron chi connectivity index (χ3n) is 3.26. The van der Waals surface area contributed by atoms with Gasteiger partial charge in [-0.1, -0.05) is 90.6 Å². The van der Waals surface area contributed by atoms with Crippen molar-refractivity contribution >= 4 is 18.4 Å². The first kappa shape index (κ1) is 11.2. The van der Waals surface area contributed by atoms with Gasteiger partial charge >= 0.3 is 0 Å². The molecule has 0 heterocycles. The van der Waals surface area contributed by atoms with Crippen LogP contribution in [0.2, 0.25) is 6.04 Å². The molecule has 0 nitrogen and oxygen atoms in total. The van der Waals surface area contributed by atoms with Gasteiger partial charge in [0.2, 0.25) is 0 Å². The van der Waals surface area contributed by atoms with Crippen molar-refractivity contribution < 1.29 is 0 Å². The lowest BCUT2D eigenvalue weighted by Gasteiger charge is -2.27. The maximum Gasteiger partial charge on any atom is 0.117 e. The molecule has 0 aliphatic carbocycles. The Balaban J connectivity index is 2.49. The van der Waals surface area contributed by atoms with E-state index >= 15 is 0 Å². The molecule has 16 heavy (non-hydrogen) atoms. The van der Waals surface area contributed by atoms with Crippen molar-refractivity contribution in [3.8, 4) is 0 Å². The molecule has 0 aliphatic rings. The lowest BCUT2D eigenvalue weighted by Crippen LogP contribution is -2.55. The number of benzene rings is 2. The Morgan fingerprint density at radius 3 is 1.50 bits per heavy atom. The number of hydrogen-bond donors (Lipinski definition) is 0. The molecule has 0 saturated heterocycles. The summed E-state index contributed by atoms with van der Waals surface area (Å²) in [5, 5.41) is 2.84. The van der Waals surface area contributed by atoms with Crippen LogP contribution in [0.25, 0.3) is 0 Å². The zero-order valence-corrected chi connectivity index (χ0v) is 10.7. The molecular weight excluding hydrogens is 208 g/mol. The minimum absolute atomic E-state index is 1.14. The molecule has 0 aromatic heterocycles. The van der Waals surface area contributed by atoms with Gasteiger partial charge in [-0.3, -0.25) is 0 Å². The maximum atomic E-state index is 4.57. The fraction of sp³-hybridized carbons (Fsp3) is 0.133. The Labute approximate surface area is 99.0 Å². The van der Waals surface area contributed by atoms with Crippen LogP contribution in [0.4, 0.5) is 0 Å². The third kappa shape index (κ3) is 1.96. The highest BCUT2D eigenvalue weighted by molar-refractivity contribution is 7.03. The van der Waals surface area contributed by atoms with E-state index < -0.39 is 8.07 Å². The molecule has 0 N–H and O–H groups in total. The van der Waals surface area contributed by atoms with Gasteiger partial charge in [-0.2, -0.15) is 0 Å². The fourth-order valence-electron chi connectivity index (χ4n) is 2.09. The highest BCUT2D eigenvalue weighted by Crippen LogP contribution is 2.09. The van der Waals surface area contributed by atoms with Gasteiger partial charge in [0.1, 0.15) is 8.07 Å². The molecule has 0 fully saturated rings. The van der Waals surface area contributed by atoms with Crippen molar-refractivity contribution in [1.82, 2.24) is 0 Å². The first-order chi connectivity index (χ1) is 7.77. The van der Waals surface area contributed by atoms with E-state index in [0.29, 0.717) is 0 Å². The van der Waals surface area contributed by atoms with Gasteiger partial charge in [-0.05, 0) is 0 Å². The summed E-state index contributed by atoms with van der Waals surface area (Å²) in [5.41, 5.74) is 0. The Morgan fingerprint density at radius 2 is 1.19 bits per heavy atom. The van der Waals surface area contributed by atoms with Crippen molar-refractivity contribution in [2.45, 2.75) is 13.0 Å². The van der Waals surface area contributed by atoms with Crippen molar-refractivity contribution in [2.24, 2.45) is 0 Å². The third-order valence-corrected chi connectivity index (χ3v) is 7.34. The normalized spacial score (nSPS) is 11.4. The van der Waals surface area contributed by atoms with Crippen molar-refractivity contribution in [2.75, 3.05) is 0 Å². The first-order valence-electron chi connectivity index (χ1n) is 5.74. The van der Waals surface area contributed by atoms with E-state index in [9.17, 15) is 0 Å². The molecule has 0 spiro atoms. The SMILES string of the molecule is [CH2][Si](CC)(c1ccccc1)c1ccccc1. The lowest BCUT2D eigenvalue weighted by molar-refractivity contribution is 1.40. The molecule has 2 aromatic rings. The lowest BCUT2D eigenvalue weighted by atomic mass is 10.4. The zero-order valence-electron chi connectivity index (χ0n) is 9.69.